The molecule has 0 aliphatic carbocycles. The number of likely N-dealkylation sites (N-methyl/N-ethyl adjacent to an activating group) is 1. The summed E-state index contributed by atoms with van der Waals surface area (Å²) in [6, 6.07) is 5.18. The van der Waals surface area contributed by atoms with Crippen molar-refractivity contribution in [1.29, 1.82) is 0 Å². The Morgan fingerprint density at radius 1 is 1.27 bits per heavy atom. The minimum atomic E-state index is 0.633. The Hall–Kier alpha value is -0.340. The summed E-state index contributed by atoms with van der Waals surface area (Å²) in [6.45, 7) is 6.80. The van der Waals surface area contributed by atoms with Gasteiger partial charge < -0.3 is 5.32 Å². The number of aryl methyl sites for hydroxylation is 1. The summed E-state index contributed by atoms with van der Waals surface area (Å²) in [5.74, 6) is 0.771. The molecule has 0 aliphatic heterocycles. The van der Waals surface area contributed by atoms with Gasteiger partial charge in [0.05, 0.1) is 0 Å². The van der Waals surface area contributed by atoms with Crippen LogP contribution in [0.25, 0.3) is 0 Å². The summed E-state index contributed by atoms with van der Waals surface area (Å²) in [6.07, 6.45) is 3.61. The molecule has 1 aromatic rings. The van der Waals surface area contributed by atoms with Crippen molar-refractivity contribution in [2.24, 2.45) is 5.92 Å². The highest BCUT2D eigenvalue weighted by molar-refractivity contribution is 7.11. The monoisotopic (exact) mass is 225 g/mol. The molecule has 1 aromatic heterocycles. The summed E-state index contributed by atoms with van der Waals surface area (Å²) in [4.78, 5) is 3.02. The standard InChI is InChI=1S/C13H23NS/c1-5-12-6-7-13(15-12)9-11(14-4)8-10(2)3/h6-7,10-11,14H,5,8-9H2,1-4H3. The average Bonchev–Trinajstić information content (AvgIpc) is 2.64. The van der Waals surface area contributed by atoms with Crippen LogP contribution in [0.1, 0.15) is 36.9 Å². The second kappa shape index (κ2) is 6.29. The van der Waals surface area contributed by atoms with E-state index in [2.05, 4.69) is 45.3 Å². The molecule has 0 saturated carbocycles. The van der Waals surface area contributed by atoms with Gasteiger partial charge in [0.15, 0.2) is 0 Å². The highest BCUT2D eigenvalue weighted by Gasteiger charge is 2.10. The fourth-order valence-corrected chi connectivity index (χ4v) is 2.87. The highest BCUT2D eigenvalue weighted by Crippen LogP contribution is 2.20. The Bertz CT molecular complexity index is 278. The first-order valence-corrected chi connectivity index (χ1v) is 6.72. The van der Waals surface area contributed by atoms with Crippen molar-refractivity contribution in [2.45, 2.75) is 46.1 Å². The number of nitrogens with one attached hydrogen (secondary N) is 1. The van der Waals surface area contributed by atoms with E-state index < -0.39 is 0 Å². The molecule has 0 spiro atoms. The van der Waals surface area contributed by atoms with E-state index >= 15 is 0 Å². The van der Waals surface area contributed by atoms with E-state index in [0.717, 1.165) is 5.92 Å². The molecule has 1 heterocycles. The summed E-state index contributed by atoms with van der Waals surface area (Å²) < 4.78 is 0. The minimum Gasteiger partial charge on any atom is -0.317 e. The van der Waals surface area contributed by atoms with Gasteiger partial charge in [-0.05, 0) is 44.4 Å². The Kier molecular flexibility index (Phi) is 5.34. The highest BCUT2D eigenvalue weighted by atomic mass is 32.1. The molecule has 1 atom stereocenters. The molecule has 86 valence electrons. The first-order valence-electron chi connectivity index (χ1n) is 5.90. The van der Waals surface area contributed by atoms with Gasteiger partial charge >= 0.3 is 0 Å². The summed E-state index contributed by atoms with van der Waals surface area (Å²) in [7, 11) is 2.07. The predicted molar refractivity (Wildman–Crippen MR) is 69.7 cm³/mol. The molecule has 0 bridgehead atoms. The lowest BCUT2D eigenvalue weighted by molar-refractivity contribution is 0.443. The van der Waals surface area contributed by atoms with Gasteiger partial charge in [-0.15, -0.1) is 11.3 Å². The molecule has 0 radical (unpaired) electrons. The Morgan fingerprint density at radius 2 is 1.93 bits per heavy atom. The summed E-state index contributed by atoms with van der Waals surface area (Å²) >= 11 is 1.96. The van der Waals surface area contributed by atoms with Crippen LogP contribution in [0.5, 0.6) is 0 Å². The quantitative estimate of drug-likeness (QED) is 0.781. The Labute approximate surface area is 97.9 Å². The first kappa shape index (κ1) is 12.7. The van der Waals surface area contributed by atoms with Crippen LogP contribution in [-0.4, -0.2) is 13.1 Å². The fourth-order valence-electron chi connectivity index (χ4n) is 1.84. The zero-order chi connectivity index (χ0) is 11.3. The Balaban J connectivity index is 2.50. The molecule has 15 heavy (non-hydrogen) atoms. The van der Waals surface area contributed by atoms with E-state index in [1.807, 2.05) is 11.3 Å². The van der Waals surface area contributed by atoms with Crippen LogP contribution in [0.3, 0.4) is 0 Å². The maximum Gasteiger partial charge on any atom is 0.0115 e. The molecule has 1 rings (SSSR count). The lowest BCUT2D eigenvalue weighted by Crippen LogP contribution is -2.28. The molecule has 0 aromatic carbocycles. The lowest BCUT2D eigenvalue weighted by atomic mass is 10.0. The topological polar surface area (TPSA) is 12.0 Å². The molecule has 0 fully saturated rings. The van der Waals surface area contributed by atoms with E-state index in [0.29, 0.717) is 6.04 Å². The minimum absolute atomic E-state index is 0.633. The third-order valence-corrected chi connectivity index (χ3v) is 3.93. The van der Waals surface area contributed by atoms with Gasteiger partial charge in [0.25, 0.3) is 0 Å². The molecule has 1 nitrogen and oxygen atoms in total. The first-order chi connectivity index (χ1) is 7.15. The molecule has 0 amide bonds. The maximum atomic E-state index is 3.42. The zero-order valence-electron chi connectivity index (χ0n) is 10.3. The third kappa shape index (κ3) is 4.35. The van der Waals surface area contributed by atoms with E-state index in [1.54, 1.807) is 0 Å². The second-order valence-electron chi connectivity index (χ2n) is 4.54. The van der Waals surface area contributed by atoms with Gasteiger partial charge in [-0.3, -0.25) is 0 Å². The zero-order valence-corrected chi connectivity index (χ0v) is 11.2. The maximum absolute atomic E-state index is 3.42. The van der Waals surface area contributed by atoms with Crippen LogP contribution in [0.4, 0.5) is 0 Å². The third-order valence-electron chi connectivity index (χ3n) is 2.68. The molecule has 0 aliphatic rings. The van der Waals surface area contributed by atoms with Gasteiger partial charge in [-0.25, -0.2) is 0 Å². The predicted octanol–water partition coefficient (Wildman–Crippen LogP) is 3.49. The second-order valence-corrected chi connectivity index (χ2v) is 5.79. The van der Waals surface area contributed by atoms with Crippen LogP contribution in [0, 0.1) is 5.92 Å². The van der Waals surface area contributed by atoms with Crippen molar-refractivity contribution in [1.82, 2.24) is 5.32 Å². The SMILES string of the molecule is CCc1ccc(CC(CC(C)C)NC)s1. The van der Waals surface area contributed by atoms with Gasteiger partial charge in [-0.1, -0.05) is 20.8 Å². The van der Waals surface area contributed by atoms with Crippen LogP contribution in [0.2, 0.25) is 0 Å². The van der Waals surface area contributed by atoms with Crippen molar-refractivity contribution in [3.05, 3.63) is 21.9 Å². The van der Waals surface area contributed by atoms with Crippen LogP contribution in [-0.2, 0) is 12.8 Å². The summed E-state index contributed by atoms with van der Waals surface area (Å²) in [5, 5.41) is 3.42. The van der Waals surface area contributed by atoms with Crippen molar-refractivity contribution in [3.8, 4) is 0 Å². The van der Waals surface area contributed by atoms with Gasteiger partial charge in [-0.2, -0.15) is 0 Å². The molecular formula is C13H23NS. The van der Waals surface area contributed by atoms with E-state index in [-0.39, 0.29) is 0 Å². The molecule has 2 heteroatoms. The summed E-state index contributed by atoms with van der Waals surface area (Å²) in [5.41, 5.74) is 0. The normalized spacial score (nSPS) is 13.4. The van der Waals surface area contributed by atoms with Crippen molar-refractivity contribution < 1.29 is 0 Å². The van der Waals surface area contributed by atoms with Gasteiger partial charge in [0, 0.05) is 15.8 Å². The number of rotatable bonds is 6. The largest absolute Gasteiger partial charge is 0.317 e. The van der Waals surface area contributed by atoms with Gasteiger partial charge in [0.1, 0.15) is 0 Å². The molecule has 1 unspecified atom stereocenters. The van der Waals surface area contributed by atoms with E-state index in [1.165, 1.54) is 29.0 Å². The van der Waals surface area contributed by atoms with E-state index in [9.17, 15) is 0 Å². The van der Waals surface area contributed by atoms with E-state index in [4.69, 9.17) is 0 Å². The van der Waals surface area contributed by atoms with Crippen molar-refractivity contribution in [2.75, 3.05) is 7.05 Å². The molecular weight excluding hydrogens is 202 g/mol. The Morgan fingerprint density at radius 3 is 2.40 bits per heavy atom. The smallest absolute Gasteiger partial charge is 0.0115 e. The van der Waals surface area contributed by atoms with Crippen molar-refractivity contribution in [3.63, 3.8) is 0 Å². The molecule has 0 saturated heterocycles. The number of hydrogen-bond acceptors (Lipinski definition) is 2. The number of hydrogen-bond donors (Lipinski definition) is 1. The fraction of sp³-hybridized carbons (Fsp3) is 0.692. The number of thiophene rings is 1. The lowest BCUT2D eigenvalue weighted by Gasteiger charge is -2.17. The van der Waals surface area contributed by atoms with Gasteiger partial charge in [0.2, 0.25) is 0 Å². The average molecular weight is 225 g/mol. The molecule has 1 N–H and O–H groups in total. The van der Waals surface area contributed by atoms with Crippen LogP contribution in [0.15, 0.2) is 12.1 Å². The van der Waals surface area contributed by atoms with Crippen LogP contribution >= 0.6 is 11.3 Å². The van der Waals surface area contributed by atoms with Crippen LogP contribution < -0.4 is 5.32 Å². The van der Waals surface area contributed by atoms with Crippen molar-refractivity contribution >= 4 is 11.3 Å².